The van der Waals surface area contributed by atoms with Crippen molar-refractivity contribution in [3.8, 4) is 0 Å². The number of carbonyl (C=O) groups is 1. The van der Waals surface area contributed by atoms with Crippen LogP contribution in [0.2, 0.25) is 0 Å². The summed E-state index contributed by atoms with van der Waals surface area (Å²) in [5.41, 5.74) is 1.44. The summed E-state index contributed by atoms with van der Waals surface area (Å²) in [5.74, 6) is -0.635. The second-order valence-corrected chi connectivity index (χ2v) is 5.23. The molecule has 0 spiro atoms. The molecule has 3 nitrogen and oxygen atoms in total. The van der Waals surface area contributed by atoms with E-state index in [4.69, 9.17) is 0 Å². The molecule has 104 valence electrons. The number of nitrogens with zero attached hydrogens (tertiary/aromatic N) is 2. The van der Waals surface area contributed by atoms with Gasteiger partial charge in [0.05, 0.1) is 10.0 Å². The average Bonchev–Trinajstić information content (AvgIpc) is 2.48. The van der Waals surface area contributed by atoms with Crippen LogP contribution in [0.1, 0.15) is 15.9 Å². The molecular weight excluding hydrogens is 323 g/mol. The van der Waals surface area contributed by atoms with E-state index in [-0.39, 0.29) is 10.4 Å². The average molecular weight is 337 g/mol. The Balaban J connectivity index is 2.04. The Hall–Kier alpha value is -1.75. The highest BCUT2D eigenvalue weighted by Gasteiger charge is 2.16. The molecule has 5 heteroatoms. The molecule has 2 rings (SSSR count). The first-order chi connectivity index (χ1) is 9.59. The Bertz CT molecular complexity index is 604. The van der Waals surface area contributed by atoms with Gasteiger partial charge in [-0.25, -0.2) is 4.39 Å². The van der Waals surface area contributed by atoms with Gasteiger partial charge in [-0.15, -0.1) is 0 Å². The summed E-state index contributed by atoms with van der Waals surface area (Å²) in [6.07, 6.45) is 4.18. The van der Waals surface area contributed by atoms with Gasteiger partial charge in [0, 0.05) is 26.0 Å². The van der Waals surface area contributed by atoms with Crippen molar-refractivity contribution < 1.29 is 9.18 Å². The minimum Gasteiger partial charge on any atom is -0.341 e. The molecule has 0 aliphatic carbocycles. The van der Waals surface area contributed by atoms with Gasteiger partial charge in [-0.2, -0.15) is 0 Å². The highest BCUT2D eigenvalue weighted by molar-refractivity contribution is 9.10. The third-order valence-corrected chi connectivity index (χ3v) is 3.82. The van der Waals surface area contributed by atoms with E-state index in [9.17, 15) is 9.18 Å². The topological polar surface area (TPSA) is 33.2 Å². The van der Waals surface area contributed by atoms with Crippen LogP contribution in [0, 0.1) is 5.82 Å². The summed E-state index contributed by atoms with van der Waals surface area (Å²) < 4.78 is 13.6. The van der Waals surface area contributed by atoms with Crippen LogP contribution >= 0.6 is 15.9 Å². The molecule has 20 heavy (non-hydrogen) atoms. The molecule has 1 aromatic carbocycles. The number of hydrogen-bond donors (Lipinski definition) is 0. The summed E-state index contributed by atoms with van der Waals surface area (Å²) in [7, 11) is 1.71. The molecule has 1 heterocycles. The smallest absolute Gasteiger partial charge is 0.254 e. The third kappa shape index (κ3) is 3.42. The Morgan fingerprint density at radius 2 is 2.00 bits per heavy atom. The van der Waals surface area contributed by atoms with E-state index < -0.39 is 5.82 Å². The van der Waals surface area contributed by atoms with Crippen molar-refractivity contribution in [3.05, 3.63) is 64.1 Å². The predicted octanol–water partition coefficient (Wildman–Crippen LogP) is 3.30. The molecule has 0 N–H and O–H groups in total. The first-order valence-electron chi connectivity index (χ1n) is 6.18. The molecule has 2 aromatic rings. The van der Waals surface area contributed by atoms with Crippen molar-refractivity contribution in [1.82, 2.24) is 9.88 Å². The van der Waals surface area contributed by atoms with Crippen molar-refractivity contribution in [2.24, 2.45) is 0 Å². The summed E-state index contributed by atoms with van der Waals surface area (Å²) in [6.45, 7) is 0.561. The van der Waals surface area contributed by atoms with Gasteiger partial charge >= 0.3 is 0 Å². The van der Waals surface area contributed by atoms with Crippen molar-refractivity contribution in [1.29, 1.82) is 0 Å². The van der Waals surface area contributed by atoms with Crippen LogP contribution < -0.4 is 0 Å². The number of rotatable bonds is 4. The lowest BCUT2D eigenvalue weighted by molar-refractivity contribution is 0.0795. The minimum atomic E-state index is -0.432. The van der Waals surface area contributed by atoms with Crippen molar-refractivity contribution >= 4 is 21.8 Å². The quantitative estimate of drug-likeness (QED) is 0.858. The van der Waals surface area contributed by atoms with Gasteiger partial charge in [0.1, 0.15) is 5.82 Å². The highest BCUT2D eigenvalue weighted by Crippen LogP contribution is 2.21. The maximum atomic E-state index is 13.4. The largest absolute Gasteiger partial charge is 0.341 e. The van der Waals surface area contributed by atoms with Crippen LogP contribution in [0.25, 0.3) is 0 Å². The lowest BCUT2D eigenvalue weighted by atomic mass is 10.1. The fraction of sp³-hybridized carbons (Fsp3) is 0.200. The lowest BCUT2D eigenvalue weighted by Gasteiger charge is -2.18. The van der Waals surface area contributed by atoms with Gasteiger partial charge in [0.15, 0.2) is 0 Å². The monoisotopic (exact) mass is 336 g/mol. The van der Waals surface area contributed by atoms with Crippen LogP contribution in [0.3, 0.4) is 0 Å². The predicted molar refractivity (Wildman–Crippen MR) is 79.0 cm³/mol. The molecule has 0 radical (unpaired) electrons. The molecule has 0 aliphatic rings. The van der Waals surface area contributed by atoms with Gasteiger partial charge in [-0.05, 0) is 52.2 Å². The van der Waals surface area contributed by atoms with E-state index in [0.29, 0.717) is 12.1 Å². The second-order valence-electron chi connectivity index (χ2n) is 4.43. The molecule has 0 bridgehead atoms. The van der Waals surface area contributed by atoms with Gasteiger partial charge in [-0.3, -0.25) is 9.78 Å². The fourth-order valence-corrected chi connectivity index (χ4v) is 2.26. The SMILES string of the molecule is CN(CCc1ccncc1)C(=O)c1cccc(F)c1Br. The fourth-order valence-electron chi connectivity index (χ4n) is 1.82. The number of benzene rings is 1. The van der Waals surface area contributed by atoms with Gasteiger partial charge < -0.3 is 4.90 Å². The van der Waals surface area contributed by atoms with Crippen LogP contribution in [-0.2, 0) is 6.42 Å². The number of halogens is 2. The minimum absolute atomic E-state index is 0.203. The number of amides is 1. The van der Waals surface area contributed by atoms with Crippen molar-refractivity contribution in [2.45, 2.75) is 6.42 Å². The Morgan fingerprint density at radius 1 is 1.30 bits per heavy atom. The first kappa shape index (κ1) is 14.7. The second kappa shape index (κ2) is 6.61. The first-order valence-corrected chi connectivity index (χ1v) is 6.97. The van der Waals surface area contributed by atoms with Crippen molar-refractivity contribution in [2.75, 3.05) is 13.6 Å². The summed E-state index contributed by atoms with van der Waals surface area (Å²) >= 11 is 3.11. The maximum Gasteiger partial charge on any atom is 0.254 e. The van der Waals surface area contributed by atoms with E-state index in [1.54, 1.807) is 30.4 Å². The normalized spacial score (nSPS) is 10.3. The van der Waals surface area contributed by atoms with Crippen molar-refractivity contribution in [3.63, 3.8) is 0 Å². The summed E-state index contributed by atoms with van der Waals surface area (Å²) in [4.78, 5) is 17.8. The van der Waals surface area contributed by atoms with E-state index in [0.717, 1.165) is 12.0 Å². The number of likely N-dealkylation sites (N-methyl/N-ethyl adjacent to an activating group) is 1. The molecular formula is C15H14BrFN2O. The standard InChI is InChI=1S/C15H14BrFN2O/c1-19(10-7-11-5-8-18-9-6-11)15(20)12-3-2-4-13(17)14(12)16/h2-6,8-9H,7,10H2,1H3. The molecule has 0 saturated heterocycles. The number of pyridine rings is 1. The highest BCUT2D eigenvalue weighted by atomic mass is 79.9. The van der Waals surface area contributed by atoms with Gasteiger partial charge in [-0.1, -0.05) is 6.07 Å². The van der Waals surface area contributed by atoms with Crippen LogP contribution in [0.4, 0.5) is 4.39 Å². The maximum absolute atomic E-state index is 13.4. The van der Waals surface area contributed by atoms with E-state index in [1.165, 1.54) is 12.1 Å². The van der Waals surface area contributed by atoms with Gasteiger partial charge in [0.2, 0.25) is 0 Å². The molecule has 0 saturated carbocycles. The van der Waals surface area contributed by atoms with Crippen LogP contribution in [0.5, 0.6) is 0 Å². The summed E-state index contributed by atoms with van der Waals surface area (Å²) in [5, 5.41) is 0. The van der Waals surface area contributed by atoms with Gasteiger partial charge in [0.25, 0.3) is 5.91 Å². The van der Waals surface area contributed by atoms with Crippen LogP contribution in [-0.4, -0.2) is 29.4 Å². The molecule has 0 aliphatic heterocycles. The Morgan fingerprint density at radius 3 is 2.70 bits per heavy atom. The van der Waals surface area contributed by atoms with E-state index in [2.05, 4.69) is 20.9 Å². The number of hydrogen-bond acceptors (Lipinski definition) is 2. The molecule has 0 unspecified atom stereocenters. The Kier molecular flexibility index (Phi) is 4.84. The Labute approximate surface area is 125 Å². The third-order valence-electron chi connectivity index (χ3n) is 3.01. The number of carbonyl (C=O) groups excluding carboxylic acids is 1. The van der Waals surface area contributed by atoms with E-state index in [1.807, 2.05) is 12.1 Å². The zero-order valence-electron chi connectivity index (χ0n) is 11.0. The lowest BCUT2D eigenvalue weighted by Crippen LogP contribution is -2.29. The zero-order valence-corrected chi connectivity index (χ0v) is 12.6. The molecule has 0 atom stereocenters. The molecule has 1 amide bonds. The van der Waals surface area contributed by atoms with E-state index >= 15 is 0 Å². The molecule has 1 aromatic heterocycles. The summed E-state index contributed by atoms with van der Waals surface area (Å²) in [6, 6.07) is 8.28. The van der Waals surface area contributed by atoms with Crippen LogP contribution in [0.15, 0.2) is 47.2 Å². The number of aromatic nitrogens is 1. The zero-order chi connectivity index (χ0) is 14.5. The molecule has 0 fully saturated rings.